The minimum atomic E-state index is -0.107. The molecule has 4 nitrogen and oxygen atoms in total. The van der Waals surface area contributed by atoms with Crippen LogP contribution in [0, 0.1) is 17.8 Å². The number of fused-ring (bicyclic) bond motifs is 2. The van der Waals surface area contributed by atoms with Gasteiger partial charge in [0.1, 0.15) is 0 Å². The number of rotatable bonds is 4. The Balaban J connectivity index is 1.42. The van der Waals surface area contributed by atoms with E-state index in [1.54, 1.807) is 17.0 Å². The molecule has 4 rings (SSSR count). The van der Waals surface area contributed by atoms with E-state index in [9.17, 15) is 4.79 Å². The van der Waals surface area contributed by atoms with Gasteiger partial charge in [0.2, 0.25) is 0 Å². The first kappa shape index (κ1) is 12.5. The number of aromatic amines is 1. The fraction of sp³-hybridized carbons (Fsp3) is 0.353. The second-order valence-corrected chi connectivity index (χ2v) is 6.10. The van der Waals surface area contributed by atoms with Gasteiger partial charge in [-0.1, -0.05) is 12.2 Å². The summed E-state index contributed by atoms with van der Waals surface area (Å²) in [4.78, 5) is 14.2. The molecule has 0 amide bonds. The lowest BCUT2D eigenvalue weighted by molar-refractivity contribution is 0.472. The average Bonchev–Trinajstić information content (AvgIpc) is 3.22. The number of hydrogen-bond acceptors (Lipinski definition) is 2. The van der Waals surface area contributed by atoms with E-state index in [1.165, 1.54) is 12.8 Å². The summed E-state index contributed by atoms with van der Waals surface area (Å²) in [7, 11) is 0. The summed E-state index contributed by atoms with van der Waals surface area (Å²) in [6.45, 7) is 1.04. The lowest BCUT2D eigenvalue weighted by Gasteiger charge is -2.19. The topological polar surface area (TPSA) is 49.8 Å². The molecular weight excluding hydrogens is 262 g/mol. The third kappa shape index (κ3) is 2.31. The number of H-pyrrole nitrogens is 1. The van der Waals surface area contributed by atoms with Crippen molar-refractivity contribution in [3.8, 4) is 5.69 Å². The summed E-state index contributed by atoms with van der Waals surface area (Å²) < 4.78 is 1.60. The maximum atomic E-state index is 11.6. The summed E-state index contributed by atoms with van der Waals surface area (Å²) in [6.07, 6.45) is 10.8. The molecule has 21 heavy (non-hydrogen) atoms. The summed E-state index contributed by atoms with van der Waals surface area (Å²) in [5.41, 5.74) is 1.90. The number of hydrogen-bond donors (Lipinski definition) is 2. The highest BCUT2D eigenvalue weighted by molar-refractivity contribution is 5.48. The van der Waals surface area contributed by atoms with Crippen molar-refractivity contribution in [1.82, 2.24) is 9.55 Å². The number of anilines is 1. The van der Waals surface area contributed by atoms with Gasteiger partial charge >= 0.3 is 5.69 Å². The Morgan fingerprint density at radius 3 is 2.67 bits per heavy atom. The molecule has 1 fully saturated rings. The normalized spacial score (nSPS) is 26.4. The van der Waals surface area contributed by atoms with Crippen LogP contribution < -0.4 is 11.0 Å². The molecule has 1 saturated carbocycles. The average molecular weight is 281 g/mol. The van der Waals surface area contributed by atoms with E-state index in [-0.39, 0.29) is 5.69 Å². The van der Waals surface area contributed by atoms with Crippen molar-refractivity contribution in [2.75, 3.05) is 11.9 Å². The van der Waals surface area contributed by atoms with Crippen LogP contribution in [0.2, 0.25) is 0 Å². The predicted octanol–water partition coefficient (Wildman–Crippen LogP) is 2.79. The molecule has 108 valence electrons. The zero-order valence-corrected chi connectivity index (χ0v) is 11.8. The Morgan fingerprint density at radius 2 is 2.05 bits per heavy atom. The number of aromatic nitrogens is 2. The Hall–Kier alpha value is -2.23. The quantitative estimate of drug-likeness (QED) is 0.847. The highest BCUT2D eigenvalue weighted by atomic mass is 16.1. The monoisotopic (exact) mass is 281 g/mol. The summed E-state index contributed by atoms with van der Waals surface area (Å²) in [5.74, 6) is 2.37. The first-order valence-corrected chi connectivity index (χ1v) is 7.58. The largest absolute Gasteiger partial charge is 0.385 e. The third-order valence-electron chi connectivity index (χ3n) is 4.78. The molecule has 0 radical (unpaired) electrons. The Kier molecular flexibility index (Phi) is 2.95. The molecule has 0 spiro atoms. The van der Waals surface area contributed by atoms with Crippen LogP contribution in [0.25, 0.3) is 5.69 Å². The van der Waals surface area contributed by atoms with Crippen molar-refractivity contribution in [3.05, 3.63) is 59.3 Å². The van der Waals surface area contributed by atoms with Gasteiger partial charge in [0, 0.05) is 24.6 Å². The lowest BCUT2D eigenvalue weighted by atomic mass is 9.93. The molecule has 1 aromatic heterocycles. The molecule has 3 unspecified atom stereocenters. The van der Waals surface area contributed by atoms with Crippen molar-refractivity contribution in [1.29, 1.82) is 0 Å². The molecule has 4 heteroatoms. The summed E-state index contributed by atoms with van der Waals surface area (Å²) in [6, 6.07) is 8.02. The van der Waals surface area contributed by atoms with Crippen LogP contribution in [0.1, 0.15) is 12.8 Å². The highest BCUT2D eigenvalue weighted by Gasteiger charge is 2.35. The minimum Gasteiger partial charge on any atom is -0.385 e. The van der Waals surface area contributed by atoms with E-state index in [4.69, 9.17) is 0 Å². The Labute approximate surface area is 123 Å². The second-order valence-electron chi connectivity index (χ2n) is 6.10. The van der Waals surface area contributed by atoms with Crippen LogP contribution in [-0.4, -0.2) is 16.1 Å². The highest BCUT2D eigenvalue weighted by Crippen LogP contribution is 2.43. The van der Waals surface area contributed by atoms with Crippen LogP contribution in [-0.2, 0) is 0 Å². The third-order valence-corrected chi connectivity index (χ3v) is 4.78. The van der Waals surface area contributed by atoms with Crippen LogP contribution in [0.15, 0.2) is 53.6 Å². The smallest absolute Gasteiger partial charge is 0.330 e. The first-order valence-electron chi connectivity index (χ1n) is 7.58. The zero-order valence-electron chi connectivity index (χ0n) is 11.8. The first-order chi connectivity index (χ1) is 10.3. The zero-order chi connectivity index (χ0) is 14.2. The number of imidazole rings is 1. The standard InChI is InChI=1S/C17H19N3O/c21-17-18-7-8-20(17)16-5-3-15(4-6-16)19-11-14-10-12-1-2-13(14)9-12/h1-8,12-14,19H,9-11H2,(H,18,21). The number of benzene rings is 1. The van der Waals surface area contributed by atoms with Crippen molar-refractivity contribution >= 4 is 5.69 Å². The SMILES string of the molecule is O=c1[nH]ccn1-c1ccc(NCC2CC3C=CC2C3)cc1. The van der Waals surface area contributed by atoms with Gasteiger partial charge in [-0.3, -0.25) is 4.57 Å². The van der Waals surface area contributed by atoms with Crippen LogP contribution >= 0.6 is 0 Å². The van der Waals surface area contributed by atoms with Crippen molar-refractivity contribution in [2.24, 2.45) is 17.8 Å². The van der Waals surface area contributed by atoms with Gasteiger partial charge in [-0.2, -0.15) is 0 Å². The Morgan fingerprint density at radius 1 is 1.19 bits per heavy atom. The van der Waals surface area contributed by atoms with Gasteiger partial charge in [-0.05, 0) is 54.9 Å². The number of allylic oxidation sites excluding steroid dienone is 2. The van der Waals surface area contributed by atoms with Crippen molar-refractivity contribution in [3.63, 3.8) is 0 Å². The second kappa shape index (κ2) is 4.95. The van der Waals surface area contributed by atoms with Crippen LogP contribution in [0.4, 0.5) is 5.69 Å². The minimum absolute atomic E-state index is 0.107. The number of nitrogens with zero attached hydrogens (tertiary/aromatic N) is 1. The van der Waals surface area contributed by atoms with E-state index < -0.39 is 0 Å². The predicted molar refractivity (Wildman–Crippen MR) is 83.7 cm³/mol. The summed E-state index contributed by atoms with van der Waals surface area (Å²) >= 11 is 0. The van der Waals surface area contributed by atoms with E-state index in [0.29, 0.717) is 0 Å². The molecular formula is C17H19N3O. The van der Waals surface area contributed by atoms with Gasteiger partial charge in [0.15, 0.2) is 0 Å². The number of nitrogens with one attached hydrogen (secondary N) is 2. The van der Waals surface area contributed by atoms with Gasteiger partial charge in [-0.25, -0.2) is 4.79 Å². The van der Waals surface area contributed by atoms with E-state index in [1.807, 2.05) is 24.3 Å². The van der Waals surface area contributed by atoms with Crippen molar-refractivity contribution < 1.29 is 0 Å². The molecule has 2 aliphatic carbocycles. The van der Waals surface area contributed by atoms with Crippen molar-refractivity contribution in [2.45, 2.75) is 12.8 Å². The molecule has 1 aromatic carbocycles. The lowest BCUT2D eigenvalue weighted by Crippen LogP contribution is -2.18. The molecule has 2 aromatic rings. The van der Waals surface area contributed by atoms with E-state index in [2.05, 4.69) is 22.5 Å². The van der Waals surface area contributed by atoms with E-state index >= 15 is 0 Å². The maximum absolute atomic E-state index is 11.6. The van der Waals surface area contributed by atoms with E-state index in [0.717, 1.165) is 35.7 Å². The molecule has 3 atom stereocenters. The fourth-order valence-corrected chi connectivity index (χ4v) is 3.64. The molecule has 2 aliphatic rings. The van der Waals surface area contributed by atoms with Gasteiger partial charge < -0.3 is 10.3 Å². The van der Waals surface area contributed by atoms with Gasteiger partial charge in [0.05, 0.1) is 5.69 Å². The molecule has 1 heterocycles. The fourth-order valence-electron chi connectivity index (χ4n) is 3.64. The van der Waals surface area contributed by atoms with Gasteiger partial charge in [-0.15, -0.1) is 0 Å². The Bertz CT molecular complexity index is 710. The molecule has 0 aliphatic heterocycles. The molecule has 2 N–H and O–H groups in total. The molecule has 2 bridgehead atoms. The van der Waals surface area contributed by atoms with Crippen LogP contribution in [0.5, 0.6) is 0 Å². The maximum Gasteiger partial charge on any atom is 0.330 e. The summed E-state index contributed by atoms with van der Waals surface area (Å²) in [5, 5.41) is 3.53. The van der Waals surface area contributed by atoms with Gasteiger partial charge in [0.25, 0.3) is 0 Å². The molecule has 0 saturated heterocycles. The van der Waals surface area contributed by atoms with Crippen LogP contribution in [0.3, 0.4) is 0 Å².